The monoisotopic (exact) mass is 208 g/mol. The number of rotatable bonds is 5. The predicted molar refractivity (Wildman–Crippen MR) is 47.0 cm³/mol. The second kappa shape index (κ2) is 3.85. The van der Waals surface area contributed by atoms with Crippen molar-refractivity contribution in [3.05, 3.63) is 0 Å². The molecule has 0 rings (SSSR count). The normalized spacial score (nSPS) is 18.3. The molecule has 0 nitrogen and oxygen atoms in total. The third-order valence-electron chi connectivity index (χ3n) is 1.89. The van der Waals surface area contributed by atoms with Crippen molar-refractivity contribution in [3.63, 3.8) is 0 Å². The molecule has 0 aromatic rings. The molecular formula is C7H16F4S. The molecule has 5 heteroatoms. The van der Waals surface area contributed by atoms with E-state index in [-0.39, 0.29) is 6.42 Å². The molecule has 1 atom stereocenters. The predicted octanol–water partition coefficient (Wildman–Crippen LogP) is 4.57. The minimum absolute atomic E-state index is 0.0638. The molecule has 0 heterocycles. The van der Waals surface area contributed by atoms with Crippen molar-refractivity contribution in [3.8, 4) is 0 Å². The van der Waals surface area contributed by atoms with E-state index < -0.39 is 16.0 Å². The van der Waals surface area contributed by atoms with Gasteiger partial charge in [0.15, 0.2) is 10.7 Å². The minimum atomic E-state index is -7.27. The van der Waals surface area contributed by atoms with Crippen molar-refractivity contribution in [2.45, 2.75) is 44.8 Å². The van der Waals surface area contributed by atoms with Gasteiger partial charge in [0.2, 0.25) is 0 Å². The van der Waals surface area contributed by atoms with Crippen molar-refractivity contribution in [1.82, 2.24) is 0 Å². The molecule has 1 unspecified atom stereocenters. The summed E-state index contributed by atoms with van der Waals surface area (Å²) in [5, 5.41) is -1.72. The van der Waals surface area contributed by atoms with Gasteiger partial charge in [-0.05, 0) is 13.3 Å². The van der Waals surface area contributed by atoms with E-state index in [2.05, 4.69) is 0 Å². The van der Waals surface area contributed by atoms with E-state index in [1.54, 1.807) is 0 Å². The molecule has 0 spiro atoms. The standard InChI is InChI=1S/C7H16F4S/c1-3-4-5-6-7(2)12(8,9,10)11/h7,12H,3-6H2,1-2H3. The zero-order valence-corrected chi connectivity index (χ0v) is 8.26. The van der Waals surface area contributed by atoms with E-state index in [9.17, 15) is 15.5 Å². The Morgan fingerprint density at radius 2 is 1.58 bits per heavy atom. The van der Waals surface area contributed by atoms with E-state index in [4.69, 9.17) is 0 Å². The first-order valence-electron chi connectivity index (χ1n) is 4.13. The highest BCUT2D eigenvalue weighted by atomic mass is 32.4. The first-order valence-corrected chi connectivity index (χ1v) is 6.00. The summed E-state index contributed by atoms with van der Waals surface area (Å²) in [4.78, 5) is 0. The molecule has 0 aliphatic rings. The van der Waals surface area contributed by atoms with Crippen LogP contribution in [0, 0.1) is 0 Å². The number of hydrogen-bond donors (Lipinski definition) is 1. The van der Waals surface area contributed by atoms with Crippen molar-refractivity contribution in [1.29, 1.82) is 0 Å². The Morgan fingerprint density at radius 1 is 1.08 bits per heavy atom. The van der Waals surface area contributed by atoms with Gasteiger partial charge >= 0.3 is 0 Å². The Morgan fingerprint density at radius 3 is 1.92 bits per heavy atom. The Labute approximate surface area is 71.8 Å². The lowest BCUT2D eigenvalue weighted by Crippen LogP contribution is -2.11. The first-order chi connectivity index (χ1) is 5.24. The fourth-order valence-corrected chi connectivity index (χ4v) is 1.46. The molecule has 0 aromatic carbocycles. The average molecular weight is 208 g/mol. The van der Waals surface area contributed by atoms with Crippen LogP contribution in [-0.4, -0.2) is 5.25 Å². The zero-order valence-electron chi connectivity index (χ0n) is 7.36. The maximum absolute atomic E-state index is 12.0. The lowest BCUT2D eigenvalue weighted by Gasteiger charge is -2.35. The van der Waals surface area contributed by atoms with Gasteiger partial charge in [0.25, 0.3) is 0 Å². The molecule has 0 saturated carbocycles. The van der Waals surface area contributed by atoms with Crippen LogP contribution in [0.25, 0.3) is 0 Å². The molecule has 0 aliphatic carbocycles. The van der Waals surface area contributed by atoms with Crippen LogP contribution in [0.5, 0.6) is 0 Å². The van der Waals surface area contributed by atoms with Crippen LogP contribution in [0.1, 0.15) is 39.5 Å². The third-order valence-corrected chi connectivity index (χ3v) is 3.48. The maximum atomic E-state index is 12.0. The van der Waals surface area contributed by atoms with Gasteiger partial charge in [-0.25, -0.2) is 0 Å². The summed E-state index contributed by atoms with van der Waals surface area (Å²) < 4.78 is 48.1. The van der Waals surface area contributed by atoms with Crippen LogP contribution in [0.4, 0.5) is 15.5 Å². The Bertz CT molecular complexity index is 131. The van der Waals surface area contributed by atoms with Gasteiger partial charge < -0.3 is 0 Å². The third kappa shape index (κ3) is 4.85. The number of thiol groups is 1. The van der Waals surface area contributed by atoms with Gasteiger partial charge in [0.1, 0.15) is 0 Å². The summed E-state index contributed by atoms with van der Waals surface area (Å²) >= 11 is 0. The van der Waals surface area contributed by atoms with Crippen molar-refractivity contribution >= 4 is 10.7 Å². The Kier molecular flexibility index (Phi) is 3.87. The quantitative estimate of drug-likeness (QED) is 0.382. The smallest absolute Gasteiger partial charge is 0.127 e. The SMILES string of the molecule is CCCCCC(C)[SH](F)(F)(F)F. The molecule has 0 fully saturated rings. The maximum Gasteiger partial charge on any atom is 0.159 e. The molecule has 78 valence electrons. The van der Waals surface area contributed by atoms with Crippen LogP contribution in [-0.2, 0) is 0 Å². The second-order valence-corrected chi connectivity index (χ2v) is 5.55. The fraction of sp³-hybridized carbons (Fsp3) is 1.00. The summed E-state index contributed by atoms with van der Waals surface area (Å²) in [5.41, 5.74) is 0. The number of hydrogen-bond acceptors (Lipinski definition) is 0. The zero-order chi connectivity index (χ0) is 9.85. The number of halogens is 4. The highest BCUT2D eigenvalue weighted by Crippen LogP contribution is 2.80. The minimum Gasteiger partial charge on any atom is -0.127 e. The van der Waals surface area contributed by atoms with E-state index in [0.29, 0.717) is 6.42 Å². The van der Waals surface area contributed by atoms with E-state index >= 15 is 0 Å². The van der Waals surface area contributed by atoms with Gasteiger partial charge in [-0.2, -0.15) is 0 Å². The summed E-state index contributed by atoms with van der Waals surface area (Å²) in [6.45, 7) is 2.84. The summed E-state index contributed by atoms with van der Waals surface area (Å²) in [6.07, 6.45) is 2.01. The van der Waals surface area contributed by atoms with E-state index in [1.807, 2.05) is 6.92 Å². The van der Waals surface area contributed by atoms with Crippen LogP contribution < -0.4 is 0 Å². The molecule has 0 amide bonds. The molecule has 0 saturated heterocycles. The molecule has 0 aliphatic heterocycles. The first kappa shape index (κ1) is 12.1. The van der Waals surface area contributed by atoms with E-state index in [0.717, 1.165) is 19.8 Å². The molecule has 12 heavy (non-hydrogen) atoms. The van der Waals surface area contributed by atoms with Gasteiger partial charge in [-0.1, -0.05) is 26.2 Å². The van der Waals surface area contributed by atoms with Crippen molar-refractivity contribution in [2.75, 3.05) is 0 Å². The number of unbranched alkanes of at least 4 members (excludes halogenated alkanes) is 2. The molecule has 0 N–H and O–H groups in total. The molecule has 0 bridgehead atoms. The van der Waals surface area contributed by atoms with Crippen molar-refractivity contribution in [2.24, 2.45) is 0 Å². The van der Waals surface area contributed by atoms with Crippen LogP contribution >= 0.6 is 10.7 Å². The van der Waals surface area contributed by atoms with Crippen molar-refractivity contribution < 1.29 is 15.5 Å². The second-order valence-electron chi connectivity index (χ2n) is 3.12. The van der Waals surface area contributed by atoms with Gasteiger partial charge in [-0.15, -0.1) is 15.5 Å². The lowest BCUT2D eigenvalue weighted by atomic mass is 10.2. The van der Waals surface area contributed by atoms with Gasteiger partial charge in [0.05, 0.1) is 5.25 Å². The highest BCUT2D eigenvalue weighted by Gasteiger charge is 2.43. The summed E-state index contributed by atoms with van der Waals surface area (Å²) in [6, 6.07) is 0. The van der Waals surface area contributed by atoms with Crippen LogP contribution in [0.15, 0.2) is 0 Å². The van der Waals surface area contributed by atoms with Crippen LogP contribution in [0.3, 0.4) is 0 Å². The van der Waals surface area contributed by atoms with Crippen LogP contribution in [0.2, 0.25) is 0 Å². The fourth-order valence-electron chi connectivity index (χ4n) is 0.885. The van der Waals surface area contributed by atoms with Gasteiger partial charge in [-0.3, -0.25) is 0 Å². The lowest BCUT2D eigenvalue weighted by molar-refractivity contribution is 0.460. The summed E-state index contributed by atoms with van der Waals surface area (Å²) in [7, 11) is -7.27. The average Bonchev–Trinajstić information content (AvgIpc) is 1.84. The molecular weight excluding hydrogens is 192 g/mol. The summed E-state index contributed by atoms with van der Waals surface area (Å²) in [5.74, 6) is 0. The van der Waals surface area contributed by atoms with Gasteiger partial charge in [0, 0.05) is 0 Å². The van der Waals surface area contributed by atoms with E-state index in [1.165, 1.54) is 0 Å². The topological polar surface area (TPSA) is 0 Å². The molecule has 0 radical (unpaired) electrons. The highest BCUT2D eigenvalue weighted by molar-refractivity contribution is 8.34. The largest absolute Gasteiger partial charge is 0.159 e. The molecule has 0 aromatic heterocycles. The Balaban J connectivity index is 3.81. The Hall–Kier alpha value is 0.0700.